The zero-order valence-electron chi connectivity index (χ0n) is 12.6. The summed E-state index contributed by atoms with van der Waals surface area (Å²) >= 11 is 0. The molecule has 0 aliphatic heterocycles. The molecule has 0 aromatic carbocycles. The Morgan fingerprint density at radius 3 is 2.09 bits per heavy atom. The molecule has 0 saturated heterocycles. The van der Waals surface area contributed by atoms with Crippen molar-refractivity contribution in [3.05, 3.63) is 0 Å². The average molecular weight is 336 g/mol. The average Bonchev–Trinajstić information content (AvgIpc) is 2.55. The number of nitrogens with zero attached hydrogens (tertiary/aromatic N) is 1. The monoisotopic (exact) mass is 336 g/mol. The lowest BCUT2D eigenvalue weighted by molar-refractivity contribution is -0.148. The van der Waals surface area contributed by atoms with E-state index in [0.29, 0.717) is 25.5 Å². The second kappa shape index (κ2) is 12.0. The third-order valence-electron chi connectivity index (χ3n) is 3.14. The molecule has 0 aliphatic carbocycles. The number of aliphatic hydroxyl groups is 5. The summed E-state index contributed by atoms with van der Waals surface area (Å²) in [5.41, 5.74) is 0. The Balaban J connectivity index is 4.17. The van der Waals surface area contributed by atoms with Gasteiger partial charge in [0.1, 0.15) is 30.9 Å². The van der Waals surface area contributed by atoms with E-state index in [9.17, 15) is 29.7 Å². The minimum absolute atomic E-state index is 0.0826. The van der Waals surface area contributed by atoms with Gasteiger partial charge in [0.15, 0.2) is 6.10 Å². The van der Waals surface area contributed by atoms with Gasteiger partial charge in [-0.05, 0) is 6.42 Å². The second-order valence-electron chi connectivity index (χ2n) is 4.91. The van der Waals surface area contributed by atoms with Crippen molar-refractivity contribution >= 4 is 18.5 Å². The Bertz CT molecular complexity index is 358. The third-order valence-corrected chi connectivity index (χ3v) is 3.14. The van der Waals surface area contributed by atoms with E-state index in [1.165, 1.54) is 0 Å². The first-order chi connectivity index (χ1) is 10.9. The Kier molecular flexibility index (Phi) is 11.3. The van der Waals surface area contributed by atoms with Gasteiger partial charge in [0.25, 0.3) is 5.91 Å². The molecular formula is C13H24N2O8. The van der Waals surface area contributed by atoms with E-state index in [1.54, 1.807) is 4.90 Å². The van der Waals surface area contributed by atoms with Crippen molar-refractivity contribution in [3.8, 4) is 0 Å². The summed E-state index contributed by atoms with van der Waals surface area (Å²) in [4.78, 5) is 33.9. The van der Waals surface area contributed by atoms with Crippen molar-refractivity contribution in [2.45, 2.75) is 30.8 Å². The Morgan fingerprint density at radius 2 is 1.61 bits per heavy atom. The molecule has 0 bridgehead atoms. The van der Waals surface area contributed by atoms with E-state index in [1.807, 2.05) is 0 Å². The maximum Gasteiger partial charge on any atom is 0.251 e. The largest absolute Gasteiger partial charge is 0.394 e. The molecule has 0 aromatic rings. The maximum atomic E-state index is 11.6. The highest BCUT2D eigenvalue weighted by atomic mass is 16.4. The highest BCUT2D eigenvalue weighted by Gasteiger charge is 2.33. The van der Waals surface area contributed by atoms with Crippen LogP contribution in [0.15, 0.2) is 0 Å². The van der Waals surface area contributed by atoms with Gasteiger partial charge in [-0.2, -0.15) is 0 Å². The van der Waals surface area contributed by atoms with Gasteiger partial charge in [0, 0.05) is 13.1 Å². The molecule has 0 aromatic heterocycles. The molecule has 23 heavy (non-hydrogen) atoms. The molecule has 0 rings (SSSR count). The molecule has 6 N–H and O–H groups in total. The van der Waals surface area contributed by atoms with Gasteiger partial charge in [-0.3, -0.25) is 9.69 Å². The first-order valence-electron chi connectivity index (χ1n) is 7.09. The highest BCUT2D eigenvalue weighted by Crippen LogP contribution is 2.05. The third kappa shape index (κ3) is 8.11. The van der Waals surface area contributed by atoms with E-state index in [-0.39, 0.29) is 19.6 Å². The van der Waals surface area contributed by atoms with Crippen LogP contribution < -0.4 is 5.32 Å². The molecule has 0 spiro atoms. The number of carbonyl (C=O) groups is 3. The zero-order chi connectivity index (χ0) is 17.8. The normalized spacial score (nSPS) is 16.4. The van der Waals surface area contributed by atoms with Gasteiger partial charge < -0.3 is 40.4 Å². The van der Waals surface area contributed by atoms with Gasteiger partial charge in [0.05, 0.1) is 19.7 Å². The highest BCUT2D eigenvalue weighted by molar-refractivity contribution is 5.81. The van der Waals surface area contributed by atoms with Crippen LogP contribution in [0.5, 0.6) is 0 Å². The molecule has 4 atom stereocenters. The van der Waals surface area contributed by atoms with Crippen LogP contribution in [0.2, 0.25) is 0 Å². The number of aldehydes is 2. The Labute approximate surface area is 133 Å². The molecule has 0 radical (unpaired) electrons. The first-order valence-corrected chi connectivity index (χ1v) is 7.09. The van der Waals surface area contributed by atoms with Gasteiger partial charge in [-0.15, -0.1) is 0 Å². The Morgan fingerprint density at radius 1 is 1.04 bits per heavy atom. The lowest BCUT2D eigenvalue weighted by Gasteiger charge is -2.25. The number of carbonyl (C=O) groups excluding carboxylic acids is 3. The minimum atomic E-state index is -1.98. The smallest absolute Gasteiger partial charge is 0.251 e. The van der Waals surface area contributed by atoms with Crippen LogP contribution in [-0.2, 0) is 14.4 Å². The number of rotatable bonds is 13. The van der Waals surface area contributed by atoms with Crippen molar-refractivity contribution < 1.29 is 39.9 Å². The fraction of sp³-hybridized carbons (Fsp3) is 0.769. The number of aliphatic hydroxyl groups excluding tert-OH is 5. The predicted octanol–water partition coefficient (Wildman–Crippen LogP) is -4.37. The van der Waals surface area contributed by atoms with Crippen LogP contribution in [-0.4, -0.2) is 106 Å². The molecule has 0 unspecified atom stereocenters. The van der Waals surface area contributed by atoms with Crippen LogP contribution in [0, 0.1) is 0 Å². The molecule has 0 aliphatic rings. The summed E-state index contributed by atoms with van der Waals surface area (Å²) in [5, 5.41) is 48.6. The number of hydrogen-bond acceptors (Lipinski definition) is 9. The zero-order valence-corrected chi connectivity index (χ0v) is 12.6. The van der Waals surface area contributed by atoms with E-state index >= 15 is 0 Å². The van der Waals surface area contributed by atoms with Crippen LogP contribution in [0.3, 0.4) is 0 Å². The van der Waals surface area contributed by atoms with Crippen molar-refractivity contribution in [2.24, 2.45) is 0 Å². The lowest BCUT2D eigenvalue weighted by atomic mass is 10.0. The summed E-state index contributed by atoms with van der Waals surface area (Å²) in [6.07, 6.45) is -5.82. The van der Waals surface area contributed by atoms with Gasteiger partial charge in [-0.25, -0.2) is 0 Å². The molecule has 10 heteroatoms. The van der Waals surface area contributed by atoms with Crippen molar-refractivity contribution in [3.63, 3.8) is 0 Å². The fourth-order valence-electron chi connectivity index (χ4n) is 1.76. The van der Waals surface area contributed by atoms with Crippen molar-refractivity contribution in [1.29, 1.82) is 0 Å². The van der Waals surface area contributed by atoms with E-state index in [2.05, 4.69) is 5.32 Å². The van der Waals surface area contributed by atoms with Gasteiger partial charge in [0.2, 0.25) is 0 Å². The molecule has 1 amide bonds. The van der Waals surface area contributed by atoms with Crippen LogP contribution in [0.25, 0.3) is 0 Å². The van der Waals surface area contributed by atoms with Crippen molar-refractivity contribution in [1.82, 2.24) is 10.2 Å². The molecule has 0 heterocycles. The van der Waals surface area contributed by atoms with E-state index < -0.39 is 36.9 Å². The van der Waals surface area contributed by atoms with E-state index in [4.69, 9.17) is 10.2 Å². The first kappa shape index (κ1) is 21.6. The molecular weight excluding hydrogens is 312 g/mol. The summed E-state index contributed by atoms with van der Waals surface area (Å²) in [7, 11) is 0. The number of amides is 1. The molecule has 0 fully saturated rings. The second-order valence-corrected chi connectivity index (χ2v) is 4.91. The lowest BCUT2D eigenvalue weighted by Crippen LogP contribution is -2.51. The standard InChI is InChI=1S/C13H24N2O8/c16-6-4-15(5-7-17)3-1-2-14-13(23)12(22)11(21)10(20)9(19)8-18/h6-7,9-12,18-22H,1-5,8H2,(H,14,23)/t9-,10-,11+,12-/m1/s1. The predicted molar refractivity (Wildman–Crippen MR) is 77.3 cm³/mol. The van der Waals surface area contributed by atoms with Crippen molar-refractivity contribution in [2.75, 3.05) is 32.8 Å². The van der Waals surface area contributed by atoms with E-state index in [0.717, 1.165) is 0 Å². The van der Waals surface area contributed by atoms with Gasteiger partial charge in [-0.1, -0.05) is 0 Å². The molecule has 10 nitrogen and oxygen atoms in total. The minimum Gasteiger partial charge on any atom is -0.394 e. The number of hydrogen-bond donors (Lipinski definition) is 6. The molecule has 134 valence electrons. The quantitative estimate of drug-likeness (QED) is 0.144. The summed E-state index contributed by atoms with van der Waals surface area (Å²) in [6, 6.07) is 0. The van der Waals surface area contributed by atoms with Crippen LogP contribution in [0.1, 0.15) is 6.42 Å². The summed E-state index contributed by atoms with van der Waals surface area (Å²) in [5.74, 6) is -0.959. The summed E-state index contributed by atoms with van der Waals surface area (Å²) in [6.45, 7) is -0.202. The van der Waals surface area contributed by atoms with Crippen LogP contribution in [0.4, 0.5) is 0 Å². The molecule has 0 saturated carbocycles. The topological polar surface area (TPSA) is 168 Å². The number of nitrogens with one attached hydrogen (secondary N) is 1. The fourth-order valence-corrected chi connectivity index (χ4v) is 1.76. The SMILES string of the molecule is O=CCN(CC=O)CCCNC(=O)[C@H](O)[C@@H](O)[C@H](O)[C@H](O)CO. The maximum absolute atomic E-state index is 11.6. The van der Waals surface area contributed by atoms with Gasteiger partial charge >= 0.3 is 0 Å². The Hall–Kier alpha value is -1.43. The van der Waals surface area contributed by atoms with Crippen LogP contribution >= 0.6 is 0 Å². The summed E-state index contributed by atoms with van der Waals surface area (Å²) < 4.78 is 0.